The molecule has 5 heterocycles. The lowest BCUT2D eigenvalue weighted by atomic mass is 10.0. The molecule has 0 radical (unpaired) electrons. The van der Waals surface area contributed by atoms with Crippen LogP contribution in [0.4, 0.5) is 5.13 Å². The van der Waals surface area contributed by atoms with Crippen LogP contribution in [0.5, 0.6) is 0 Å². The van der Waals surface area contributed by atoms with E-state index >= 15 is 0 Å². The first-order chi connectivity index (χ1) is 18.7. The van der Waals surface area contributed by atoms with E-state index < -0.39 is 35.2 Å². The van der Waals surface area contributed by atoms with Crippen molar-refractivity contribution in [2.24, 2.45) is 5.16 Å². The number of carboxylic acid groups (broad SMARTS) is 2. The van der Waals surface area contributed by atoms with Crippen molar-refractivity contribution in [3.63, 3.8) is 0 Å². The summed E-state index contributed by atoms with van der Waals surface area (Å²) in [6.07, 6.45) is 1.22. The lowest BCUT2D eigenvalue weighted by Gasteiger charge is -2.49. The highest BCUT2D eigenvalue weighted by molar-refractivity contribution is 8.01. The van der Waals surface area contributed by atoms with Gasteiger partial charge < -0.3 is 26.1 Å². The molecule has 2 aliphatic heterocycles. The maximum Gasteiger partial charge on any atom is 0.354 e. The van der Waals surface area contributed by atoms with E-state index in [1.807, 2.05) is 0 Å². The van der Waals surface area contributed by atoms with Crippen LogP contribution in [-0.2, 0) is 19.2 Å². The fourth-order valence-corrected chi connectivity index (χ4v) is 6.88. The molecule has 5 N–H and O–H groups in total. The third-order valence-corrected chi connectivity index (χ3v) is 8.62. The lowest BCUT2D eigenvalue weighted by molar-refractivity contribution is -0.150. The first-order valence-corrected chi connectivity index (χ1v) is 13.7. The summed E-state index contributed by atoms with van der Waals surface area (Å²) in [6.45, 7) is 0. The Labute approximate surface area is 230 Å². The number of rotatable bonds is 9. The number of thiazole rings is 1. The molecule has 5 rings (SSSR count). The van der Waals surface area contributed by atoms with Crippen LogP contribution < -0.4 is 11.1 Å². The average molecular weight is 592 g/mol. The monoisotopic (exact) mass is 591 g/mol. The number of hydrogen-bond acceptors (Lipinski definition) is 14. The first kappa shape index (κ1) is 26.4. The standard InChI is InChI=1S/C20H17N9O7S3/c1-36-27-11(9-5-39-19(21)24-9)14(30)26-12-15(31)28-13(18(34)35)7(4-38-16(12)28)3-37-10-2-8(17(32)33)25-20-22-6-23-29(10)20/h2,5-6,12,16H,3-4H2,1H3,(H2,21,24)(H,26,30)(H,32,33)(H,34,35)/b27-11-/t12-,16-/m1/s1. The number of hydrogen-bond donors (Lipinski definition) is 4. The van der Waals surface area contributed by atoms with Gasteiger partial charge in [0, 0.05) is 23.0 Å². The van der Waals surface area contributed by atoms with Crippen LogP contribution in [0.2, 0.25) is 0 Å². The molecule has 1 saturated heterocycles. The molecule has 0 unspecified atom stereocenters. The molecule has 0 aromatic carbocycles. The number of amides is 2. The van der Waals surface area contributed by atoms with E-state index in [0.717, 1.165) is 28.0 Å². The Bertz CT molecular complexity index is 1580. The minimum absolute atomic E-state index is 0.0798. The largest absolute Gasteiger partial charge is 0.477 e. The van der Waals surface area contributed by atoms with Crippen molar-refractivity contribution in [2.45, 2.75) is 16.4 Å². The molecule has 0 spiro atoms. The molecule has 0 aliphatic carbocycles. The zero-order valence-corrected chi connectivity index (χ0v) is 22.1. The zero-order chi connectivity index (χ0) is 27.8. The summed E-state index contributed by atoms with van der Waals surface area (Å²) < 4.78 is 1.34. The number of aliphatic carboxylic acids is 1. The number of β-lactam (4-membered cyclic amide) rings is 1. The van der Waals surface area contributed by atoms with Crippen LogP contribution in [0.3, 0.4) is 0 Å². The molecule has 0 saturated carbocycles. The van der Waals surface area contributed by atoms with E-state index in [4.69, 9.17) is 10.6 Å². The topological polar surface area (TPSA) is 228 Å². The van der Waals surface area contributed by atoms with Crippen molar-refractivity contribution in [3.05, 3.63) is 40.4 Å². The highest BCUT2D eigenvalue weighted by atomic mass is 32.2. The second-order valence-corrected chi connectivity index (χ2v) is 10.8. The van der Waals surface area contributed by atoms with Gasteiger partial charge in [-0.2, -0.15) is 14.6 Å². The molecular weight excluding hydrogens is 574 g/mol. The Morgan fingerprint density at radius 2 is 2.08 bits per heavy atom. The lowest BCUT2D eigenvalue weighted by Crippen LogP contribution is -2.71. The Balaban J connectivity index is 1.34. The number of carbonyl (C=O) groups excluding carboxylic acids is 2. The highest BCUT2D eigenvalue weighted by Gasteiger charge is 2.54. The van der Waals surface area contributed by atoms with E-state index in [1.54, 1.807) is 0 Å². The van der Waals surface area contributed by atoms with Crippen LogP contribution in [-0.4, -0.2) is 99.2 Å². The van der Waals surface area contributed by atoms with E-state index in [0.29, 0.717) is 10.6 Å². The summed E-state index contributed by atoms with van der Waals surface area (Å²) in [5.74, 6) is -3.45. The molecule has 3 aromatic rings. The number of nitrogens with two attached hydrogens (primary N) is 1. The molecule has 202 valence electrons. The number of nitrogens with one attached hydrogen (secondary N) is 1. The second-order valence-electron chi connectivity index (χ2n) is 7.86. The van der Waals surface area contributed by atoms with E-state index in [1.165, 1.54) is 41.2 Å². The SMILES string of the molecule is CO/N=C(\C(=O)N[C@@H]1C(=O)N2C(C(=O)O)=C(CSc3cc(C(=O)O)nc4ncnn34)CS[C@H]12)c1csc(N)n1. The fraction of sp³-hybridized carbons (Fsp3) is 0.250. The van der Waals surface area contributed by atoms with Gasteiger partial charge in [0.2, 0.25) is 0 Å². The van der Waals surface area contributed by atoms with Crippen LogP contribution in [0.15, 0.2) is 39.2 Å². The van der Waals surface area contributed by atoms with Gasteiger partial charge >= 0.3 is 11.9 Å². The minimum Gasteiger partial charge on any atom is -0.477 e. The van der Waals surface area contributed by atoms with Gasteiger partial charge in [-0.15, -0.1) is 34.9 Å². The van der Waals surface area contributed by atoms with Crippen molar-refractivity contribution < 1.29 is 34.2 Å². The molecule has 39 heavy (non-hydrogen) atoms. The van der Waals surface area contributed by atoms with Crippen molar-refractivity contribution in [1.82, 2.24) is 34.8 Å². The molecule has 2 aliphatic rings. The second kappa shape index (κ2) is 10.5. The van der Waals surface area contributed by atoms with Crippen molar-refractivity contribution in [1.29, 1.82) is 0 Å². The number of aromatic carboxylic acids is 1. The minimum atomic E-state index is -1.31. The fourth-order valence-electron chi connectivity index (χ4n) is 3.85. The van der Waals surface area contributed by atoms with Gasteiger partial charge in [-0.05, 0) is 5.57 Å². The van der Waals surface area contributed by atoms with Gasteiger partial charge in [-0.3, -0.25) is 14.5 Å². The van der Waals surface area contributed by atoms with Gasteiger partial charge in [0.25, 0.3) is 17.6 Å². The number of anilines is 1. The summed E-state index contributed by atoms with van der Waals surface area (Å²) in [4.78, 5) is 67.3. The third kappa shape index (κ3) is 4.86. The van der Waals surface area contributed by atoms with Crippen molar-refractivity contribution in [2.75, 3.05) is 24.3 Å². The van der Waals surface area contributed by atoms with Gasteiger partial charge in [-0.25, -0.2) is 19.6 Å². The normalized spacial score (nSPS) is 19.1. The number of thioether (sulfide) groups is 2. The summed E-state index contributed by atoms with van der Waals surface area (Å²) in [7, 11) is 1.25. The molecule has 2 atom stereocenters. The van der Waals surface area contributed by atoms with Gasteiger partial charge in [-0.1, -0.05) is 5.16 Å². The number of oxime groups is 1. The Hall–Kier alpha value is -4.23. The maximum absolute atomic E-state index is 13.0. The van der Waals surface area contributed by atoms with Crippen molar-refractivity contribution in [3.8, 4) is 0 Å². The number of carbonyl (C=O) groups is 4. The highest BCUT2D eigenvalue weighted by Crippen LogP contribution is 2.41. The van der Waals surface area contributed by atoms with E-state index in [-0.39, 0.29) is 45.2 Å². The van der Waals surface area contributed by atoms with E-state index in [9.17, 15) is 29.4 Å². The number of carboxylic acids is 2. The predicted molar refractivity (Wildman–Crippen MR) is 138 cm³/mol. The number of aromatic nitrogens is 5. The number of nitrogen functional groups attached to an aromatic ring is 1. The average Bonchev–Trinajstić information content (AvgIpc) is 3.56. The van der Waals surface area contributed by atoms with Gasteiger partial charge in [0.05, 0.1) is 0 Å². The number of fused-ring (bicyclic) bond motifs is 2. The Morgan fingerprint density at radius 1 is 1.28 bits per heavy atom. The summed E-state index contributed by atoms with van der Waals surface area (Å²) >= 11 is 3.51. The van der Waals surface area contributed by atoms with Crippen LogP contribution >= 0.6 is 34.9 Å². The maximum atomic E-state index is 13.0. The quantitative estimate of drug-likeness (QED) is 0.0827. The number of nitrogens with zero attached hydrogens (tertiary/aromatic N) is 7. The van der Waals surface area contributed by atoms with Crippen LogP contribution in [0.25, 0.3) is 5.78 Å². The molecule has 2 amide bonds. The molecule has 19 heteroatoms. The van der Waals surface area contributed by atoms with Crippen LogP contribution in [0.1, 0.15) is 16.2 Å². The van der Waals surface area contributed by atoms with Gasteiger partial charge in [0.1, 0.15) is 41.3 Å². The molecule has 3 aromatic heterocycles. The summed E-state index contributed by atoms with van der Waals surface area (Å²) in [5, 5.41) is 31.1. The molecule has 0 bridgehead atoms. The molecular formula is C20H17N9O7S3. The molecule has 1 fully saturated rings. The zero-order valence-electron chi connectivity index (χ0n) is 19.7. The van der Waals surface area contributed by atoms with Crippen molar-refractivity contribution >= 4 is 75.2 Å². The Kier molecular flexibility index (Phi) is 7.10. The first-order valence-electron chi connectivity index (χ1n) is 10.8. The van der Waals surface area contributed by atoms with Gasteiger partial charge in [0.15, 0.2) is 16.5 Å². The summed E-state index contributed by atoms with van der Waals surface area (Å²) in [5.41, 5.74) is 5.64. The van der Waals surface area contributed by atoms with E-state index in [2.05, 4.69) is 30.5 Å². The predicted octanol–water partition coefficient (Wildman–Crippen LogP) is -0.257. The summed E-state index contributed by atoms with van der Waals surface area (Å²) in [6, 6.07) is 0.307. The third-order valence-electron chi connectivity index (χ3n) is 5.53. The Morgan fingerprint density at radius 3 is 2.74 bits per heavy atom. The molecule has 16 nitrogen and oxygen atoms in total. The smallest absolute Gasteiger partial charge is 0.354 e. The van der Waals surface area contributed by atoms with Crippen LogP contribution in [0, 0.1) is 0 Å².